The fraction of sp³-hybridized carbons (Fsp3) is 0.133. The summed E-state index contributed by atoms with van der Waals surface area (Å²) in [6.45, 7) is -0.243. The number of thioether (sulfide) groups is 1. The molecule has 0 spiro atoms. The van der Waals surface area contributed by atoms with Crippen molar-refractivity contribution < 1.29 is 10.2 Å². The molecule has 19 heavy (non-hydrogen) atoms. The molecule has 0 aliphatic rings. The smallest absolute Gasteiger partial charge is 0.138 e. The van der Waals surface area contributed by atoms with Gasteiger partial charge in [0.2, 0.25) is 0 Å². The van der Waals surface area contributed by atoms with Crippen LogP contribution in [0.4, 0.5) is 0 Å². The van der Waals surface area contributed by atoms with E-state index in [4.69, 9.17) is 5.26 Å². The second-order valence-electron chi connectivity index (χ2n) is 4.12. The van der Waals surface area contributed by atoms with Crippen molar-refractivity contribution in [3.05, 3.63) is 59.2 Å². The summed E-state index contributed by atoms with van der Waals surface area (Å²) in [4.78, 5) is 0.486. The Morgan fingerprint density at radius 2 is 1.84 bits per heavy atom. The lowest BCUT2D eigenvalue weighted by Gasteiger charge is -2.09. The highest BCUT2D eigenvalue weighted by molar-refractivity contribution is 8.03. The quantitative estimate of drug-likeness (QED) is 0.662. The Hall–Kier alpha value is -1.96. The van der Waals surface area contributed by atoms with E-state index in [0.29, 0.717) is 16.9 Å². The number of nitrogens with zero attached hydrogens (tertiary/aromatic N) is 1. The molecule has 0 amide bonds. The minimum atomic E-state index is -0.243. The molecule has 0 bridgehead atoms. The Bertz CT molecular complexity index is 606. The lowest BCUT2D eigenvalue weighted by Crippen LogP contribution is -1.93. The summed E-state index contributed by atoms with van der Waals surface area (Å²) < 4.78 is 0. The van der Waals surface area contributed by atoms with Gasteiger partial charge in [0, 0.05) is 5.56 Å². The van der Waals surface area contributed by atoms with Crippen molar-refractivity contribution in [1.29, 1.82) is 5.26 Å². The van der Waals surface area contributed by atoms with E-state index >= 15 is 0 Å². The summed E-state index contributed by atoms with van der Waals surface area (Å²) in [5.41, 5.74) is 2.56. The van der Waals surface area contributed by atoms with Gasteiger partial charge in [-0.15, -0.1) is 0 Å². The minimum absolute atomic E-state index is 0.00846. The molecule has 0 aromatic heterocycles. The number of aromatic hydroxyl groups is 1. The van der Waals surface area contributed by atoms with Crippen LogP contribution in [0, 0.1) is 10.7 Å². The van der Waals surface area contributed by atoms with Crippen molar-refractivity contribution >= 4 is 11.8 Å². The Labute approximate surface area is 116 Å². The number of phenols is 1. The minimum Gasteiger partial charge on any atom is -0.506 e. The Balaban J connectivity index is 2.36. The largest absolute Gasteiger partial charge is 0.506 e. The van der Waals surface area contributed by atoms with Gasteiger partial charge in [0.05, 0.1) is 11.5 Å². The van der Waals surface area contributed by atoms with Gasteiger partial charge < -0.3 is 10.2 Å². The molecule has 0 aliphatic carbocycles. The van der Waals surface area contributed by atoms with Crippen LogP contribution in [0.25, 0.3) is 0 Å². The summed E-state index contributed by atoms with van der Waals surface area (Å²) in [6.07, 6.45) is 0.701. The number of nitriles is 1. The first-order valence-electron chi connectivity index (χ1n) is 5.80. The maximum absolute atomic E-state index is 9.88. The predicted molar refractivity (Wildman–Crippen MR) is 74.7 cm³/mol. The van der Waals surface area contributed by atoms with Crippen LogP contribution in [0.1, 0.15) is 16.7 Å². The summed E-state index contributed by atoms with van der Waals surface area (Å²) in [5.74, 6) is -0.00846. The Morgan fingerprint density at radius 1 is 1.11 bits per heavy atom. The highest BCUT2D eigenvalue weighted by Gasteiger charge is 2.10. The van der Waals surface area contributed by atoms with Crippen LogP contribution in [0.3, 0.4) is 0 Å². The van der Waals surface area contributed by atoms with Crippen molar-refractivity contribution in [2.75, 3.05) is 0 Å². The van der Waals surface area contributed by atoms with Gasteiger partial charge in [0.1, 0.15) is 11.2 Å². The molecule has 2 rings (SSSR count). The normalized spacial score (nSPS) is 10.1. The highest BCUT2D eigenvalue weighted by atomic mass is 32.2. The van der Waals surface area contributed by atoms with Crippen LogP contribution in [-0.2, 0) is 13.0 Å². The van der Waals surface area contributed by atoms with Gasteiger partial charge in [-0.05, 0) is 41.4 Å². The first kappa shape index (κ1) is 13.5. The van der Waals surface area contributed by atoms with E-state index in [-0.39, 0.29) is 12.4 Å². The summed E-state index contributed by atoms with van der Waals surface area (Å²) in [5, 5.41) is 29.8. The SMILES string of the molecule is N#CSc1cc(Cc2ccccc2)cc(CO)c1O. The number of thiocyanates is 1. The maximum Gasteiger partial charge on any atom is 0.138 e. The average Bonchev–Trinajstić information content (AvgIpc) is 2.43. The summed E-state index contributed by atoms with van der Waals surface area (Å²) in [6, 6.07) is 13.5. The monoisotopic (exact) mass is 271 g/mol. The maximum atomic E-state index is 9.88. The molecule has 0 unspecified atom stereocenters. The van der Waals surface area contributed by atoms with Gasteiger partial charge >= 0.3 is 0 Å². The van der Waals surface area contributed by atoms with E-state index in [1.54, 1.807) is 12.1 Å². The molecule has 2 aromatic carbocycles. The van der Waals surface area contributed by atoms with Gasteiger partial charge in [-0.1, -0.05) is 30.3 Å². The van der Waals surface area contributed by atoms with Crippen molar-refractivity contribution in [2.24, 2.45) is 0 Å². The zero-order valence-electron chi connectivity index (χ0n) is 10.2. The third-order valence-electron chi connectivity index (χ3n) is 2.79. The second-order valence-corrected chi connectivity index (χ2v) is 4.94. The first-order valence-corrected chi connectivity index (χ1v) is 6.61. The van der Waals surface area contributed by atoms with E-state index in [1.165, 1.54) is 0 Å². The third kappa shape index (κ3) is 3.28. The topological polar surface area (TPSA) is 64.2 Å². The van der Waals surface area contributed by atoms with Crippen molar-refractivity contribution in [1.82, 2.24) is 0 Å². The fourth-order valence-electron chi connectivity index (χ4n) is 1.91. The van der Waals surface area contributed by atoms with Crippen LogP contribution in [-0.4, -0.2) is 10.2 Å². The van der Waals surface area contributed by atoms with Crippen LogP contribution in [0.15, 0.2) is 47.4 Å². The van der Waals surface area contributed by atoms with E-state index < -0.39 is 0 Å². The van der Waals surface area contributed by atoms with Gasteiger partial charge in [-0.3, -0.25) is 0 Å². The molecule has 3 nitrogen and oxygen atoms in total. The molecule has 2 N–H and O–H groups in total. The van der Waals surface area contributed by atoms with E-state index in [2.05, 4.69) is 0 Å². The van der Waals surface area contributed by atoms with Crippen molar-refractivity contribution in [2.45, 2.75) is 17.9 Å². The second kappa shape index (κ2) is 6.28. The molecule has 0 fully saturated rings. The first-order chi connectivity index (χ1) is 9.24. The van der Waals surface area contributed by atoms with Crippen LogP contribution >= 0.6 is 11.8 Å². The average molecular weight is 271 g/mol. The zero-order valence-corrected chi connectivity index (χ0v) is 11.0. The fourth-order valence-corrected chi connectivity index (χ4v) is 2.45. The molecule has 96 valence electrons. The summed E-state index contributed by atoms with van der Waals surface area (Å²) >= 11 is 0.901. The zero-order chi connectivity index (χ0) is 13.7. The molecular weight excluding hydrogens is 258 g/mol. The van der Waals surface area contributed by atoms with Crippen LogP contribution in [0.5, 0.6) is 5.75 Å². The van der Waals surface area contributed by atoms with E-state index in [1.807, 2.05) is 35.7 Å². The van der Waals surface area contributed by atoms with Gasteiger partial charge in [0.25, 0.3) is 0 Å². The lowest BCUT2D eigenvalue weighted by molar-refractivity contribution is 0.274. The van der Waals surface area contributed by atoms with Crippen LogP contribution < -0.4 is 0 Å². The number of rotatable bonds is 4. The highest BCUT2D eigenvalue weighted by Crippen LogP contribution is 2.33. The van der Waals surface area contributed by atoms with Crippen LogP contribution in [0.2, 0.25) is 0 Å². The molecular formula is C15H13NO2S. The molecule has 0 saturated carbocycles. The summed E-state index contributed by atoms with van der Waals surface area (Å²) in [7, 11) is 0. The molecule has 0 heterocycles. The number of aliphatic hydroxyl groups is 1. The number of benzene rings is 2. The third-order valence-corrected chi connectivity index (χ3v) is 3.41. The van der Waals surface area contributed by atoms with Gasteiger partial charge in [-0.2, -0.15) is 5.26 Å². The lowest BCUT2D eigenvalue weighted by atomic mass is 10.0. The molecule has 0 atom stereocenters. The van der Waals surface area contributed by atoms with Gasteiger partial charge in [-0.25, -0.2) is 0 Å². The molecule has 2 aromatic rings. The van der Waals surface area contributed by atoms with Crippen molar-refractivity contribution in [3.63, 3.8) is 0 Å². The predicted octanol–water partition coefficient (Wildman–Crippen LogP) is 3.05. The molecule has 0 saturated heterocycles. The number of aliphatic hydroxyl groups excluding tert-OH is 1. The Kier molecular flexibility index (Phi) is 4.45. The molecule has 0 aliphatic heterocycles. The standard InChI is InChI=1S/C15H13NO2S/c16-10-19-14-8-12(7-13(9-17)15(14)18)6-11-4-2-1-3-5-11/h1-5,7-8,17-18H,6,9H2. The number of hydrogen-bond donors (Lipinski definition) is 2. The molecule has 0 radical (unpaired) electrons. The van der Waals surface area contributed by atoms with E-state index in [0.717, 1.165) is 22.9 Å². The number of hydrogen-bond acceptors (Lipinski definition) is 4. The van der Waals surface area contributed by atoms with Gasteiger partial charge in [0.15, 0.2) is 0 Å². The Morgan fingerprint density at radius 3 is 2.47 bits per heavy atom. The van der Waals surface area contributed by atoms with Crippen molar-refractivity contribution in [3.8, 4) is 11.2 Å². The van der Waals surface area contributed by atoms with E-state index in [9.17, 15) is 10.2 Å². The molecule has 4 heteroatoms.